The lowest BCUT2D eigenvalue weighted by atomic mass is 10.2. The number of nitrogens with one attached hydrogen (secondary N) is 2. The number of fused-ring (bicyclic) bond motifs is 1. The molecular formula is C16H17N5S. The highest BCUT2D eigenvalue weighted by Crippen LogP contribution is 2.23. The summed E-state index contributed by atoms with van der Waals surface area (Å²) in [5.41, 5.74) is 5.64. The number of aromatic amines is 1. The van der Waals surface area contributed by atoms with Gasteiger partial charge in [-0.2, -0.15) is 0 Å². The Bertz CT molecular complexity index is 753. The Morgan fingerprint density at radius 1 is 1.36 bits per heavy atom. The minimum atomic E-state index is 0.0956. The highest BCUT2D eigenvalue weighted by molar-refractivity contribution is 7.13. The fourth-order valence-corrected chi connectivity index (χ4v) is 3.35. The number of rotatable bonds is 4. The maximum absolute atomic E-state index is 4.70. The van der Waals surface area contributed by atoms with Gasteiger partial charge in [-0.05, 0) is 30.5 Å². The number of hydrazine groups is 1. The van der Waals surface area contributed by atoms with E-state index in [0.717, 1.165) is 30.2 Å². The summed E-state index contributed by atoms with van der Waals surface area (Å²) in [4.78, 5) is 13.8. The Labute approximate surface area is 133 Å². The first kappa shape index (κ1) is 13.3. The molecule has 0 radical (unpaired) electrons. The highest BCUT2D eigenvalue weighted by atomic mass is 32.1. The zero-order valence-corrected chi connectivity index (χ0v) is 13.1. The van der Waals surface area contributed by atoms with Crippen molar-refractivity contribution in [1.29, 1.82) is 0 Å². The SMILES string of the molecule is CC1=CC=CC2N=C(CCc3ncc(-c4cccs4)[nH]3)NN12. The molecular weight excluding hydrogens is 294 g/mol. The van der Waals surface area contributed by atoms with Gasteiger partial charge >= 0.3 is 0 Å². The maximum atomic E-state index is 4.70. The molecule has 2 aromatic rings. The molecule has 1 unspecified atom stereocenters. The van der Waals surface area contributed by atoms with Crippen molar-refractivity contribution < 1.29 is 0 Å². The second-order valence-electron chi connectivity index (χ2n) is 5.39. The maximum Gasteiger partial charge on any atom is 0.160 e. The van der Waals surface area contributed by atoms with Gasteiger partial charge in [-0.3, -0.25) is 10.4 Å². The van der Waals surface area contributed by atoms with Gasteiger partial charge in [0.2, 0.25) is 0 Å². The molecule has 2 aliphatic rings. The van der Waals surface area contributed by atoms with Crippen LogP contribution in [0, 0.1) is 0 Å². The normalized spacial score (nSPS) is 19.7. The summed E-state index contributed by atoms with van der Waals surface area (Å²) in [5, 5.41) is 4.17. The second-order valence-corrected chi connectivity index (χ2v) is 6.33. The van der Waals surface area contributed by atoms with E-state index in [9.17, 15) is 0 Å². The molecule has 0 fully saturated rings. The van der Waals surface area contributed by atoms with Gasteiger partial charge in [0.1, 0.15) is 11.7 Å². The van der Waals surface area contributed by atoms with E-state index in [1.165, 1.54) is 10.6 Å². The third-order valence-corrected chi connectivity index (χ3v) is 4.72. The average molecular weight is 311 g/mol. The number of imidazole rings is 1. The minimum absolute atomic E-state index is 0.0956. The summed E-state index contributed by atoms with van der Waals surface area (Å²) in [6.45, 7) is 2.09. The van der Waals surface area contributed by atoms with Crippen LogP contribution >= 0.6 is 11.3 Å². The second kappa shape index (κ2) is 5.46. The number of aromatic nitrogens is 2. The largest absolute Gasteiger partial charge is 0.341 e. The zero-order valence-electron chi connectivity index (χ0n) is 12.3. The van der Waals surface area contributed by atoms with Gasteiger partial charge in [0.15, 0.2) is 6.17 Å². The van der Waals surface area contributed by atoms with E-state index < -0.39 is 0 Å². The van der Waals surface area contributed by atoms with E-state index in [2.05, 4.69) is 63.1 Å². The van der Waals surface area contributed by atoms with Crippen LogP contribution in [-0.4, -0.2) is 27.0 Å². The molecule has 112 valence electrons. The van der Waals surface area contributed by atoms with Crippen LogP contribution in [0.25, 0.3) is 10.6 Å². The summed E-state index contributed by atoms with van der Waals surface area (Å²) in [7, 11) is 0. The number of H-pyrrole nitrogens is 1. The number of nitrogens with zero attached hydrogens (tertiary/aromatic N) is 3. The molecule has 2 aliphatic heterocycles. The fraction of sp³-hybridized carbons (Fsp3) is 0.250. The van der Waals surface area contributed by atoms with Crippen molar-refractivity contribution in [3.8, 4) is 10.6 Å². The van der Waals surface area contributed by atoms with Crippen LogP contribution in [-0.2, 0) is 6.42 Å². The Balaban J connectivity index is 1.40. The van der Waals surface area contributed by atoms with Gasteiger partial charge < -0.3 is 4.98 Å². The van der Waals surface area contributed by atoms with Crippen molar-refractivity contribution in [1.82, 2.24) is 20.4 Å². The van der Waals surface area contributed by atoms with Crippen LogP contribution in [0.15, 0.2) is 52.6 Å². The van der Waals surface area contributed by atoms with Crippen molar-refractivity contribution in [3.05, 3.63) is 53.5 Å². The van der Waals surface area contributed by atoms with Crippen LogP contribution in [0.3, 0.4) is 0 Å². The number of amidine groups is 1. The predicted octanol–water partition coefficient (Wildman–Crippen LogP) is 3.09. The van der Waals surface area contributed by atoms with Crippen molar-refractivity contribution in [2.24, 2.45) is 4.99 Å². The summed E-state index contributed by atoms with van der Waals surface area (Å²) in [6, 6.07) is 4.15. The molecule has 4 heterocycles. The molecule has 0 aliphatic carbocycles. The van der Waals surface area contributed by atoms with Crippen LogP contribution in [0.2, 0.25) is 0 Å². The number of thiophene rings is 1. The molecule has 6 heteroatoms. The monoisotopic (exact) mass is 311 g/mol. The standard InChI is InChI=1S/C16H17N5S/c1-11-4-2-6-16-19-15(20-21(11)16)8-7-14-17-10-12(18-14)13-5-3-9-22-13/h2-6,9-10,16H,7-8H2,1H3,(H,17,18)(H,19,20). The molecule has 0 saturated heterocycles. The topological polar surface area (TPSA) is 56.3 Å². The van der Waals surface area contributed by atoms with Gasteiger partial charge in [0.05, 0.1) is 16.8 Å². The molecule has 22 heavy (non-hydrogen) atoms. The molecule has 0 amide bonds. The Kier molecular flexibility index (Phi) is 3.31. The molecule has 5 nitrogen and oxygen atoms in total. The molecule has 0 spiro atoms. The van der Waals surface area contributed by atoms with E-state index >= 15 is 0 Å². The van der Waals surface area contributed by atoms with E-state index in [0.29, 0.717) is 0 Å². The molecule has 0 saturated carbocycles. The van der Waals surface area contributed by atoms with Crippen LogP contribution in [0.5, 0.6) is 0 Å². The first-order chi connectivity index (χ1) is 10.8. The lowest BCUT2D eigenvalue weighted by Crippen LogP contribution is -2.39. The zero-order chi connectivity index (χ0) is 14.9. The first-order valence-electron chi connectivity index (χ1n) is 7.35. The molecule has 4 rings (SSSR count). The van der Waals surface area contributed by atoms with Gasteiger partial charge in [-0.1, -0.05) is 12.1 Å². The quantitative estimate of drug-likeness (QED) is 0.912. The minimum Gasteiger partial charge on any atom is -0.341 e. The molecule has 0 bridgehead atoms. The smallest absolute Gasteiger partial charge is 0.160 e. The Morgan fingerprint density at radius 2 is 2.32 bits per heavy atom. The lowest BCUT2D eigenvalue weighted by molar-refractivity contribution is 0.283. The Hall–Kier alpha value is -2.34. The van der Waals surface area contributed by atoms with Crippen LogP contribution < -0.4 is 5.43 Å². The Morgan fingerprint density at radius 3 is 3.14 bits per heavy atom. The number of allylic oxidation sites excluding steroid dienone is 3. The third-order valence-electron chi connectivity index (χ3n) is 3.82. The summed E-state index contributed by atoms with van der Waals surface area (Å²) < 4.78 is 0. The van der Waals surface area contributed by atoms with E-state index in [1.807, 2.05) is 6.20 Å². The van der Waals surface area contributed by atoms with Gasteiger partial charge in [-0.25, -0.2) is 9.98 Å². The molecule has 2 aromatic heterocycles. The van der Waals surface area contributed by atoms with Gasteiger partial charge in [0.25, 0.3) is 0 Å². The first-order valence-corrected chi connectivity index (χ1v) is 8.23. The summed E-state index contributed by atoms with van der Waals surface area (Å²) >= 11 is 1.72. The third kappa shape index (κ3) is 2.46. The number of aliphatic imine (C=N–C) groups is 1. The summed E-state index contributed by atoms with van der Waals surface area (Å²) in [5.74, 6) is 2.01. The number of hydrogen-bond donors (Lipinski definition) is 2. The molecule has 1 atom stereocenters. The fourth-order valence-electron chi connectivity index (χ4n) is 2.66. The van der Waals surface area contributed by atoms with Gasteiger partial charge in [0, 0.05) is 18.5 Å². The van der Waals surface area contributed by atoms with Crippen molar-refractivity contribution >= 4 is 17.2 Å². The number of aryl methyl sites for hydroxylation is 1. The lowest BCUT2D eigenvalue weighted by Gasteiger charge is -2.26. The van der Waals surface area contributed by atoms with E-state index in [-0.39, 0.29) is 6.17 Å². The van der Waals surface area contributed by atoms with Crippen molar-refractivity contribution in [3.63, 3.8) is 0 Å². The predicted molar refractivity (Wildman–Crippen MR) is 89.3 cm³/mol. The van der Waals surface area contributed by atoms with E-state index in [4.69, 9.17) is 4.99 Å². The number of hydrogen-bond acceptors (Lipinski definition) is 5. The van der Waals surface area contributed by atoms with Crippen molar-refractivity contribution in [2.45, 2.75) is 25.9 Å². The highest BCUT2D eigenvalue weighted by Gasteiger charge is 2.25. The summed E-state index contributed by atoms with van der Waals surface area (Å²) in [6.07, 6.45) is 9.94. The average Bonchev–Trinajstić information content (AvgIpc) is 3.25. The molecule has 0 aromatic carbocycles. The molecule has 2 N–H and O–H groups in total. The van der Waals surface area contributed by atoms with Crippen LogP contribution in [0.4, 0.5) is 0 Å². The van der Waals surface area contributed by atoms with Crippen LogP contribution in [0.1, 0.15) is 19.2 Å². The van der Waals surface area contributed by atoms with E-state index in [1.54, 1.807) is 11.3 Å². The van der Waals surface area contributed by atoms with Gasteiger partial charge in [-0.15, -0.1) is 11.3 Å². The van der Waals surface area contributed by atoms with Crippen molar-refractivity contribution in [2.75, 3.05) is 0 Å².